The minimum Gasteiger partial charge on any atom is -0.494 e. The fourth-order valence-electron chi connectivity index (χ4n) is 2.77. The molecular weight excluding hydrogens is 364 g/mol. The molecule has 0 fully saturated rings. The molecule has 0 radical (unpaired) electrons. The predicted octanol–water partition coefficient (Wildman–Crippen LogP) is 5.32. The summed E-state index contributed by atoms with van der Waals surface area (Å²) in [6, 6.07) is 24.0. The van der Waals surface area contributed by atoms with Gasteiger partial charge in [0.2, 0.25) is 5.91 Å². The Bertz CT molecular complexity index is 990. The fraction of sp³-hybridized carbons (Fsp3) is 0.167. The highest BCUT2D eigenvalue weighted by molar-refractivity contribution is 5.92. The van der Waals surface area contributed by atoms with Crippen LogP contribution in [0.3, 0.4) is 0 Å². The first-order valence-electron chi connectivity index (χ1n) is 9.46. The van der Waals surface area contributed by atoms with Gasteiger partial charge in [0.25, 0.3) is 0 Å². The molecule has 0 spiro atoms. The van der Waals surface area contributed by atoms with Crippen LogP contribution in [0, 0.1) is 11.3 Å². The fourth-order valence-corrected chi connectivity index (χ4v) is 2.77. The first-order chi connectivity index (χ1) is 14.2. The quantitative estimate of drug-likeness (QED) is 0.569. The van der Waals surface area contributed by atoms with E-state index >= 15 is 0 Å². The van der Waals surface area contributed by atoms with Gasteiger partial charge in [0.1, 0.15) is 11.5 Å². The number of nitrogens with one attached hydrogen (secondary N) is 1. The minimum atomic E-state index is -0.0999. The van der Waals surface area contributed by atoms with E-state index in [4.69, 9.17) is 14.7 Å². The Labute approximate surface area is 170 Å². The smallest absolute Gasteiger partial charge is 0.224 e. The molecule has 5 heteroatoms. The second-order valence-corrected chi connectivity index (χ2v) is 6.36. The maximum absolute atomic E-state index is 12.4. The molecule has 0 saturated carbocycles. The number of carbonyl (C=O) groups excluding carboxylic acids is 1. The molecular formula is C24H22N2O3. The van der Waals surface area contributed by atoms with Crippen LogP contribution in [0.15, 0.2) is 72.8 Å². The highest BCUT2D eigenvalue weighted by Gasteiger charge is 2.09. The second-order valence-electron chi connectivity index (χ2n) is 6.36. The van der Waals surface area contributed by atoms with Gasteiger partial charge in [0.15, 0.2) is 5.75 Å². The van der Waals surface area contributed by atoms with Crippen molar-refractivity contribution in [2.75, 3.05) is 11.9 Å². The lowest BCUT2D eigenvalue weighted by Crippen LogP contribution is -2.13. The minimum absolute atomic E-state index is 0.0999. The van der Waals surface area contributed by atoms with Gasteiger partial charge in [0.05, 0.1) is 23.9 Å². The molecule has 1 amide bonds. The van der Waals surface area contributed by atoms with E-state index in [1.165, 1.54) is 0 Å². The van der Waals surface area contributed by atoms with Crippen molar-refractivity contribution in [3.8, 4) is 23.3 Å². The number of rotatable bonds is 8. The van der Waals surface area contributed by atoms with E-state index in [0.29, 0.717) is 42.2 Å². The van der Waals surface area contributed by atoms with Gasteiger partial charge >= 0.3 is 0 Å². The molecule has 0 bridgehead atoms. The number of ether oxygens (including phenoxy) is 2. The van der Waals surface area contributed by atoms with Crippen molar-refractivity contribution < 1.29 is 14.3 Å². The molecule has 0 unspecified atom stereocenters. The Kier molecular flexibility index (Phi) is 6.85. The zero-order chi connectivity index (χ0) is 20.5. The molecule has 3 aromatic rings. The highest BCUT2D eigenvalue weighted by Crippen LogP contribution is 2.30. The van der Waals surface area contributed by atoms with Gasteiger partial charge in [0, 0.05) is 6.42 Å². The van der Waals surface area contributed by atoms with E-state index in [1.807, 2.05) is 67.6 Å². The Balaban J connectivity index is 1.60. The molecule has 0 aromatic heterocycles. The Morgan fingerprint density at radius 3 is 2.34 bits per heavy atom. The molecule has 0 aliphatic rings. The number of benzene rings is 3. The standard InChI is InChI=1S/C24H22N2O3/c1-2-28-20-12-14-21(15-13-20)29-23-6-4-3-5-22(23)26-24(27)16-11-18-7-9-19(17-25)10-8-18/h3-10,12-15H,2,11,16H2,1H3,(H,26,27). The van der Waals surface area contributed by atoms with Crippen LogP contribution >= 0.6 is 0 Å². The maximum atomic E-state index is 12.4. The van der Waals surface area contributed by atoms with Crippen molar-refractivity contribution in [1.82, 2.24) is 0 Å². The number of nitriles is 1. The predicted molar refractivity (Wildman–Crippen MR) is 112 cm³/mol. The largest absolute Gasteiger partial charge is 0.494 e. The summed E-state index contributed by atoms with van der Waals surface area (Å²) < 4.78 is 11.4. The van der Waals surface area contributed by atoms with Gasteiger partial charge in [-0.2, -0.15) is 5.26 Å². The van der Waals surface area contributed by atoms with Crippen molar-refractivity contribution >= 4 is 11.6 Å². The SMILES string of the molecule is CCOc1ccc(Oc2ccccc2NC(=O)CCc2ccc(C#N)cc2)cc1. The summed E-state index contributed by atoms with van der Waals surface area (Å²) in [5, 5.41) is 11.8. The normalized spacial score (nSPS) is 10.1. The lowest BCUT2D eigenvalue weighted by molar-refractivity contribution is -0.116. The zero-order valence-corrected chi connectivity index (χ0v) is 16.2. The number of nitrogens with zero attached hydrogens (tertiary/aromatic N) is 1. The molecule has 0 aliphatic carbocycles. The van der Waals surface area contributed by atoms with Crippen LogP contribution in [0.2, 0.25) is 0 Å². The van der Waals surface area contributed by atoms with E-state index in [0.717, 1.165) is 11.3 Å². The van der Waals surface area contributed by atoms with Gasteiger partial charge in [-0.15, -0.1) is 0 Å². The Morgan fingerprint density at radius 1 is 0.966 bits per heavy atom. The average molecular weight is 386 g/mol. The number of para-hydroxylation sites is 2. The van der Waals surface area contributed by atoms with Crippen molar-refractivity contribution in [3.63, 3.8) is 0 Å². The van der Waals surface area contributed by atoms with E-state index < -0.39 is 0 Å². The number of amides is 1. The number of anilines is 1. The molecule has 3 rings (SSSR count). The van der Waals surface area contributed by atoms with Gasteiger partial charge in [-0.1, -0.05) is 24.3 Å². The van der Waals surface area contributed by atoms with Crippen LogP contribution in [0.25, 0.3) is 0 Å². The van der Waals surface area contributed by atoms with E-state index in [-0.39, 0.29) is 5.91 Å². The van der Waals surface area contributed by atoms with Crippen LogP contribution < -0.4 is 14.8 Å². The van der Waals surface area contributed by atoms with Crippen LogP contribution in [0.4, 0.5) is 5.69 Å². The van der Waals surface area contributed by atoms with Gasteiger partial charge < -0.3 is 14.8 Å². The lowest BCUT2D eigenvalue weighted by Gasteiger charge is -2.13. The van der Waals surface area contributed by atoms with Gasteiger partial charge in [-0.25, -0.2) is 0 Å². The van der Waals surface area contributed by atoms with Crippen LogP contribution in [-0.2, 0) is 11.2 Å². The third-order valence-corrected chi connectivity index (χ3v) is 4.25. The summed E-state index contributed by atoms with van der Waals surface area (Å²) in [5.41, 5.74) is 2.24. The molecule has 29 heavy (non-hydrogen) atoms. The van der Waals surface area contributed by atoms with Crippen LogP contribution in [0.5, 0.6) is 17.2 Å². The molecule has 0 aliphatic heterocycles. The molecule has 1 N–H and O–H groups in total. The highest BCUT2D eigenvalue weighted by atomic mass is 16.5. The van der Waals surface area contributed by atoms with E-state index in [9.17, 15) is 4.79 Å². The van der Waals surface area contributed by atoms with Gasteiger partial charge in [-0.3, -0.25) is 4.79 Å². The average Bonchev–Trinajstić information content (AvgIpc) is 2.75. The summed E-state index contributed by atoms with van der Waals surface area (Å²) in [6.07, 6.45) is 0.933. The van der Waals surface area contributed by atoms with Crippen molar-refractivity contribution in [1.29, 1.82) is 5.26 Å². The lowest BCUT2D eigenvalue weighted by atomic mass is 10.1. The maximum Gasteiger partial charge on any atom is 0.224 e. The third kappa shape index (κ3) is 5.85. The molecule has 146 valence electrons. The van der Waals surface area contributed by atoms with Crippen molar-refractivity contribution in [2.45, 2.75) is 19.8 Å². The van der Waals surface area contributed by atoms with Crippen LogP contribution in [0.1, 0.15) is 24.5 Å². The molecule has 0 saturated heterocycles. The first kappa shape index (κ1) is 20.0. The van der Waals surface area contributed by atoms with Crippen molar-refractivity contribution in [2.24, 2.45) is 0 Å². The number of carbonyl (C=O) groups is 1. The van der Waals surface area contributed by atoms with Gasteiger partial charge in [-0.05, 0) is 67.4 Å². The second kappa shape index (κ2) is 9.95. The molecule has 3 aromatic carbocycles. The Hall–Kier alpha value is -3.78. The van der Waals surface area contributed by atoms with Crippen molar-refractivity contribution in [3.05, 3.63) is 83.9 Å². The molecule has 5 nitrogen and oxygen atoms in total. The third-order valence-electron chi connectivity index (χ3n) is 4.25. The topological polar surface area (TPSA) is 71.3 Å². The first-order valence-corrected chi connectivity index (χ1v) is 9.46. The van der Waals surface area contributed by atoms with Crippen LogP contribution in [-0.4, -0.2) is 12.5 Å². The number of hydrogen-bond donors (Lipinski definition) is 1. The zero-order valence-electron chi connectivity index (χ0n) is 16.2. The number of aryl methyl sites for hydroxylation is 1. The molecule has 0 atom stereocenters. The summed E-state index contributed by atoms with van der Waals surface area (Å²) in [5.74, 6) is 1.91. The molecule has 0 heterocycles. The van der Waals surface area contributed by atoms with E-state index in [2.05, 4.69) is 11.4 Å². The Morgan fingerprint density at radius 2 is 1.66 bits per heavy atom. The summed E-state index contributed by atoms with van der Waals surface area (Å²) >= 11 is 0. The van der Waals surface area contributed by atoms with E-state index in [1.54, 1.807) is 12.1 Å². The summed E-state index contributed by atoms with van der Waals surface area (Å²) in [4.78, 5) is 12.4. The summed E-state index contributed by atoms with van der Waals surface area (Å²) in [6.45, 7) is 2.54. The monoisotopic (exact) mass is 386 g/mol. The summed E-state index contributed by atoms with van der Waals surface area (Å²) in [7, 11) is 0. The number of hydrogen-bond acceptors (Lipinski definition) is 4.